The number of carbonyl (C=O) groups excluding carboxylic acids is 1. The highest BCUT2D eigenvalue weighted by atomic mass is 16.1. The molecule has 30 heavy (non-hydrogen) atoms. The number of quaternary nitrogens is 1. The van der Waals surface area contributed by atoms with Gasteiger partial charge in [0.2, 0.25) is 5.91 Å². The third-order valence-corrected chi connectivity index (χ3v) is 6.92. The molecule has 2 atom stereocenters. The molecule has 0 spiro atoms. The lowest BCUT2D eigenvalue weighted by molar-refractivity contribution is -0.899. The number of rotatable bonds is 7. The quantitative estimate of drug-likeness (QED) is 0.596. The zero-order valence-corrected chi connectivity index (χ0v) is 17.7. The van der Waals surface area contributed by atoms with Crippen molar-refractivity contribution in [2.24, 2.45) is 11.7 Å². The second kappa shape index (κ2) is 8.45. The normalized spacial score (nSPS) is 21.4. The van der Waals surface area contributed by atoms with E-state index in [0.717, 1.165) is 48.1 Å². The lowest BCUT2D eigenvalue weighted by Gasteiger charge is -2.38. The topological polar surface area (TPSA) is 43.1 Å². The number of amides is 1. The Morgan fingerprint density at radius 2 is 1.40 bits per heavy atom. The summed E-state index contributed by atoms with van der Waals surface area (Å²) in [6.07, 6.45) is 2.03. The molecule has 1 amide bonds. The molecule has 3 aromatic rings. The van der Waals surface area contributed by atoms with Crippen LogP contribution in [0.2, 0.25) is 0 Å². The molecule has 1 fully saturated rings. The van der Waals surface area contributed by atoms with Crippen LogP contribution in [0, 0.1) is 5.92 Å². The van der Waals surface area contributed by atoms with Crippen molar-refractivity contribution in [3.8, 4) is 0 Å². The average Bonchev–Trinajstić information content (AvgIpc) is 3.17. The summed E-state index contributed by atoms with van der Waals surface area (Å²) < 4.78 is 0.967. The highest BCUT2D eigenvalue weighted by Crippen LogP contribution is 2.45. The van der Waals surface area contributed by atoms with Crippen molar-refractivity contribution < 1.29 is 9.28 Å². The second-order valence-electron chi connectivity index (χ2n) is 8.87. The Morgan fingerprint density at radius 1 is 0.900 bits per heavy atom. The largest absolute Gasteiger partial charge is 0.369 e. The van der Waals surface area contributed by atoms with Crippen molar-refractivity contribution in [2.45, 2.75) is 18.3 Å². The molecule has 0 aliphatic carbocycles. The number of benzene rings is 3. The van der Waals surface area contributed by atoms with Gasteiger partial charge in [0, 0.05) is 18.8 Å². The lowest BCUT2D eigenvalue weighted by atomic mass is 9.64. The van der Waals surface area contributed by atoms with Crippen LogP contribution in [0.25, 0.3) is 0 Å². The van der Waals surface area contributed by atoms with Gasteiger partial charge in [0.05, 0.1) is 26.7 Å². The van der Waals surface area contributed by atoms with Crippen LogP contribution < -0.4 is 5.73 Å². The maximum absolute atomic E-state index is 13.2. The van der Waals surface area contributed by atoms with Gasteiger partial charge >= 0.3 is 0 Å². The van der Waals surface area contributed by atoms with Crippen LogP contribution in [0.4, 0.5) is 0 Å². The molecule has 0 radical (unpaired) electrons. The smallest absolute Gasteiger partial charge is 0.233 e. The minimum Gasteiger partial charge on any atom is -0.369 e. The molecular formula is C27H31N2O+. The third kappa shape index (κ3) is 3.78. The van der Waals surface area contributed by atoms with E-state index < -0.39 is 5.41 Å². The number of likely N-dealkylation sites (N-methyl/N-ethyl adjacent to an activating group) is 1. The molecule has 2 unspecified atom stereocenters. The number of primary amides is 1. The molecular weight excluding hydrogens is 368 g/mol. The Kier molecular flexibility index (Phi) is 5.74. The molecule has 3 nitrogen and oxygen atoms in total. The van der Waals surface area contributed by atoms with Gasteiger partial charge in [-0.2, -0.15) is 0 Å². The number of nitrogens with two attached hydrogens (primary N) is 1. The first-order valence-electron chi connectivity index (χ1n) is 10.8. The molecule has 1 saturated heterocycles. The van der Waals surface area contributed by atoms with Crippen LogP contribution in [0.15, 0.2) is 91.0 Å². The molecule has 0 bridgehead atoms. The van der Waals surface area contributed by atoms with Gasteiger partial charge in [0.15, 0.2) is 0 Å². The average molecular weight is 400 g/mol. The highest BCUT2D eigenvalue weighted by Gasteiger charge is 2.53. The van der Waals surface area contributed by atoms with E-state index in [1.807, 2.05) is 36.4 Å². The fourth-order valence-electron chi connectivity index (χ4n) is 5.31. The monoisotopic (exact) mass is 399 g/mol. The Bertz CT molecular complexity index is 932. The predicted molar refractivity (Wildman–Crippen MR) is 122 cm³/mol. The number of hydrogen-bond donors (Lipinski definition) is 1. The van der Waals surface area contributed by atoms with E-state index in [0.29, 0.717) is 0 Å². The van der Waals surface area contributed by atoms with Crippen molar-refractivity contribution in [2.75, 3.05) is 26.7 Å². The first kappa shape index (κ1) is 20.4. The number of likely N-dealkylation sites (tertiary alicyclic amines) is 1. The molecule has 4 rings (SSSR count). The fraction of sp³-hybridized carbons (Fsp3) is 0.296. The Morgan fingerprint density at radius 3 is 1.90 bits per heavy atom. The summed E-state index contributed by atoms with van der Waals surface area (Å²) in [5.41, 5.74) is 8.80. The van der Waals surface area contributed by atoms with Crippen molar-refractivity contribution in [1.29, 1.82) is 0 Å². The summed E-state index contributed by atoms with van der Waals surface area (Å²) in [6.45, 7) is 3.07. The molecule has 0 aromatic heterocycles. The molecule has 154 valence electrons. The summed E-state index contributed by atoms with van der Waals surface area (Å²) in [6, 6.07) is 30.9. The van der Waals surface area contributed by atoms with E-state index in [1.165, 1.54) is 5.56 Å². The van der Waals surface area contributed by atoms with Crippen LogP contribution in [0.3, 0.4) is 0 Å². The van der Waals surface area contributed by atoms with E-state index in [4.69, 9.17) is 5.73 Å². The Hall–Kier alpha value is -2.91. The van der Waals surface area contributed by atoms with Gasteiger partial charge < -0.3 is 10.2 Å². The molecule has 1 aliphatic heterocycles. The van der Waals surface area contributed by atoms with E-state index >= 15 is 0 Å². The van der Waals surface area contributed by atoms with Crippen molar-refractivity contribution in [1.82, 2.24) is 0 Å². The Labute approximate surface area is 179 Å². The van der Waals surface area contributed by atoms with E-state index in [9.17, 15) is 4.79 Å². The first-order valence-corrected chi connectivity index (χ1v) is 10.8. The van der Waals surface area contributed by atoms with Gasteiger partial charge in [-0.1, -0.05) is 91.0 Å². The van der Waals surface area contributed by atoms with Crippen molar-refractivity contribution in [3.63, 3.8) is 0 Å². The highest BCUT2D eigenvalue weighted by molar-refractivity contribution is 5.91. The molecule has 3 heteroatoms. The summed E-state index contributed by atoms with van der Waals surface area (Å²) >= 11 is 0. The SMILES string of the molecule is C[N+]1(CCc2ccccc2)CCC(C(C(N)=O)(c2ccccc2)c2ccccc2)C1. The van der Waals surface area contributed by atoms with Crippen molar-refractivity contribution >= 4 is 5.91 Å². The summed E-state index contributed by atoms with van der Waals surface area (Å²) in [4.78, 5) is 13.2. The van der Waals surface area contributed by atoms with Gasteiger partial charge in [-0.05, 0) is 16.7 Å². The Balaban J connectivity index is 1.68. The molecule has 0 saturated carbocycles. The summed E-state index contributed by atoms with van der Waals surface area (Å²) in [5, 5.41) is 0. The molecule has 3 aromatic carbocycles. The molecule has 1 heterocycles. The van der Waals surface area contributed by atoms with Crippen molar-refractivity contribution in [3.05, 3.63) is 108 Å². The van der Waals surface area contributed by atoms with Gasteiger partial charge in [-0.3, -0.25) is 4.79 Å². The van der Waals surface area contributed by atoms with Crippen LogP contribution in [-0.2, 0) is 16.6 Å². The van der Waals surface area contributed by atoms with Gasteiger partial charge in [0.1, 0.15) is 5.41 Å². The first-order chi connectivity index (χ1) is 14.5. The van der Waals surface area contributed by atoms with Crippen LogP contribution in [0.5, 0.6) is 0 Å². The minimum atomic E-state index is -0.800. The van der Waals surface area contributed by atoms with E-state index in [2.05, 4.69) is 61.6 Å². The third-order valence-electron chi connectivity index (χ3n) is 6.92. The maximum atomic E-state index is 13.2. The number of carbonyl (C=O) groups is 1. The molecule has 1 aliphatic rings. The number of hydrogen-bond acceptors (Lipinski definition) is 1. The standard InChI is InChI=1S/C27H30N2O/c1-29(19-17-22-11-5-2-6-12-22)20-18-25(21-29)27(26(28)30,23-13-7-3-8-14-23)24-15-9-4-10-16-24/h2-16,25H,17-21H2,1H3,(H-,28,30)/p+1. The fourth-order valence-corrected chi connectivity index (χ4v) is 5.31. The predicted octanol–water partition coefficient (Wildman–Crippen LogP) is 4.17. The van der Waals surface area contributed by atoms with Gasteiger partial charge in [-0.15, -0.1) is 0 Å². The summed E-state index contributed by atoms with van der Waals surface area (Å²) in [5.74, 6) is -0.0815. The maximum Gasteiger partial charge on any atom is 0.233 e. The minimum absolute atomic E-state index is 0.167. The zero-order valence-electron chi connectivity index (χ0n) is 17.7. The molecule has 2 N–H and O–H groups in total. The van der Waals surface area contributed by atoms with Crippen LogP contribution in [0.1, 0.15) is 23.1 Å². The van der Waals surface area contributed by atoms with Crippen LogP contribution in [-0.4, -0.2) is 37.1 Å². The van der Waals surface area contributed by atoms with E-state index in [1.54, 1.807) is 0 Å². The van der Waals surface area contributed by atoms with Gasteiger partial charge in [0.25, 0.3) is 0 Å². The second-order valence-corrected chi connectivity index (χ2v) is 8.87. The number of nitrogens with zero attached hydrogens (tertiary/aromatic N) is 1. The van der Waals surface area contributed by atoms with Crippen LogP contribution >= 0.6 is 0 Å². The zero-order chi connectivity index (χ0) is 21.0. The van der Waals surface area contributed by atoms with E-state index in [-0.39, 0.29) is 11.8 Å². The lowest BCUT2D eigenvalue weighted by Crippen LogP contribution is -2.51. The summed E-state index contributed by atoms with van der Waals surface area (Å²) in [7, 11) is 2.32. The van der Waals surface area contributed by atoms with Gasteiger partial charge in [-0.25, -0.2) is 0 Å².